The third kappa shape index (κ3) is 52.1. The van der Waals surface area contributed by atoms with Gasteiger partial charge in [-0.3, -0.25) is 4.99 Å². The molecule has 8 heavy (non-hydrogen) atoms. The Morgan fingerprint density at radius 1 is 1.62 bits per heavy atom. The Labute approximate surface area is 50.8 Å². The van der Waals surface area contributed by atoms with Crippen LogP contribution in [0, 0.1) is 0 Å². The van der Waals surface area contributed by atoms with Crippen LogP contribution in [0.15, 0.2) is 4.99 Å². The van der Waals surface area contributed by atoms with E-state index in [9.17, 15) is 0 Å². The van der Waals surface area contributed by atoms with Crippen LogP contribution < -0.4 is 11.5 Å². The minimum atomic E-state index is 0.630. The van der Waals surface area contributed by atoms with Gasteiger partial charge in [0.2, 0.25) is 0 Å². The summed E-state index contributed by atoms with van der Waals surface area (Å²) in [6.07, 6.45) is 0. The molecule has 0 bridgehead atoms. The van der Waals surface area contributed by atoms with E-state index in [0.29, 0.717) is 5.84 Å². The standard InChI is InChI=1S/C3H8N2.C2H7N/c1-3(4)5-2;1-2-3/h1-2H3,(H2,4,5);2-3H2,1H3. The van der Waals surface area contributed by atoms with Gasteiger partial charge < -0.3 is 11.5 Å². The molecule has 0 spiro atoms. The molecule has 0 amide bonds. The molecule has 0 radical (unpaired) electrons. The fourth-order valence-electron chi connectivity index (χ4n) is 0. The minimum Gasteiger partial charge on any atom is -0.388 e. The van der Waals surface area contributed by atoms with Crippen molar-refractivity contribution in [2.24, 2.45) is 16.5 Å². The van der Waals surface area contributed by atoms with Crippen molar-refractivity contribution < 1.29 is 0 Å². The normalized spacial score (nSPS) is 9.75. The fraction of sp³-hybridized carbons (Fsp3) is 0.800. The van der Waals surface area contributed by atoms with Gasteiger partial charge in [0.1, 0.15) is 0 Å². The number of nitrogens with two attached hydrogens (primary N) is 2. The van der Waals surface area contributed by atoms with Crippen molar-refractivity contribution in [2.75, 3.05) is 13.6 Å². The van der Waals surface area contributed by atoms with Crippen LogP contribution in [0.2, 0.25) is 0 Å². The molecule has 0 aromatic heterocycles. The Morgan fingerprint density at radius 3 is 1.75 bits per heavy atom. The van der Waals surface area contributed by atoms with Crippen LogP contribution in [0.1, 0.15) is 13.8 Å². The van der Waals surface area contributed by atoms with Gasteiger partial charge in [0.25, 0.3) is 0 Å². The Hall–Kier alpha value is -0.570. The van der Waals surface area contributed by atoms with Crippen LogP contribution in [0.3, 0.4) is 0 Å². The lowest BCUT2D eigenvalue weighted by atomic mass is 10.7. The molecule has 0 atom stereocenters. The number of hydrogen-bond acceptors (Lipinski definition) is 2. The predicted molar refractivity (Wildman–Crippen MR) is 37.9 cm³/mol. The van der Waals surface area contributed by atoms with Crippen molar-refractivity contribution in [1.29, 1.82) is 0 Å². The Balaban J connectivity index is 0. The van der Waals surface area contributed by atoms with Crippen molar-refractivity contribution in [3.8, 4) is 0 Å². The summed E-state index contributed by atoms with van der Waals surface area (Å²) in [4.78, 5) is 3.58. The van der Waals surface area contributed by atoms with Crippen LogP contribution in [-0.4, -0.2) is 19.4 Å². The van der Waals surface area contributed by atoms with Crippen LogP contribution in [0.4, 0.5) is 0 Å². The molecule has 0 saturated heterocycles. The molecule has 0 aliphatic heterocycles. The van der Waals surface area contributed by atoms with Gasteiger partial charge in [0.05, 0.1) is 5.84 Å². The molecule has 3 heteroatoms. The number of aliphatic imine (C=N–C) groups is 1. The molecule has 0 fully saturated rings. The van der Waals surface area contributed by atoms with E-state index < -0.39 is 0 Å². The first-order valence-electron chi connectivity index (χ1n) is 2.57. The SMILES string of the molecule is CCN.CN=C(C)N. The summed E-state index contributed by atoms with van der Waals surface area (Å²) in [5.74, 6) is 0.630. The van der Waals surface area contributed by atoms with Gasteiger partial charge in [-0.1, -0.05) is 6.92 Å². The van der Waals surface area contributed by atoms with Gasteiger partial charge >= 0.3 is 0 Å². The molecule has 3 nitrogen and oxygen atoms in total. The van der Waals surface area contributed by atoms with E-state index in [-0.39, 0.29) is 0 Å². The second-order valence-electron chi connectivity index (χ2n) is 1.27. The maximum atomic E-state index is 5.04. The predicted octanol–water partition coefficient (Wildman–Crippen LogP) is -0.0417. The van der Waals surface area contributed by atoms with Crippen molar-refractivity contribution in [3.05, 3.63) is 0 Å². The van der Waals surface area contributed by atoms with Gasteiger partial charge in [0.15, 0.2) is 0 Å². The van der Waals surface area contributed by atoms with E-state index in [2.05, 4.69) is 4.99 Å². The van der Waals surface area contributed by atoms with Crippen molar-refractivity contribution >= 4 is 5.84 Å². The molecule has 4 N–H and O–H groups in total. The van der Waals surface area contributed by atoms with Crippen LogP contribution >= 0.6 is 0 Å². The van der Waals surface area contributed by atoms with Crippen molar-refractivity contribution in [2.45, 2.75) is 13.8 Å². The van der Waals surface area contributed by atoms with Crippen molar-refractivity contribution in [1.82, 2.24) is 0 Å². The van der Waals surface area contributed by atoms with Gasteiger partial charge in [-0.2, -0.15) is 0 Å². The highest BCUT2D eigenvalue weighted by Crippen LogP contribution is 1.52. The Kier molecular flexibility index (Phi) is 12.6. The molecule has 0 unspecified atom stereocenters. The number of hydrogen-bond donors (Lipinski definition) is 2. The molecule has 50 valence electrons. The second kappa shape index (κ2) is 9.66. The van der Waals surface area contributed by atoms with Gasteiger partial charge in [0, 0.05) is 7.05 Å². The summed E-state index contributed by atoms with van der Waals surface area (Å²) < 4.78 is 0. The highest BCUT2D eigenvalue weighted by molar-refractivity contribution is 5.77. The Bertz CT molecular complexity index is 54.7. The molecule has 0 heterocycles. The summed E-state index contributed by atoms with van der Waals surface area (Å²) >= 11 is 0. The summed E-state index contributed by atoms with van der Waals surface area (Å²) in [6, 6.07) is 0. The first-order chi connectivity index (χ1) is 3.68. The van der Waals surface area contributed by atoms with Crippen LogP contribution in [-0.2, 0) is 0 Å². The topological polar surface area (TPSA) is 64.4 Å². The first-order valence-corrected chi connectivity index (χ1v) is 2.57. The van der Waals surface area contributed by atoms with E-state index in [1.807, 2.05) is 6.92 Å². The monoisotopic (exact) mass is 117 g/mol. The summed E-state index contributed by atoms with van der Waals surface area (Å²) in [6.45, 7) is 4.40. The molecule has 0 aromatic rings. The number of rotatable bonds is 0. The molecule has 0 rings (SSSR count). The first kappa shape index (κ1) is 10.4. The molecule has 0 aliphatic rings. The maximum Gasteiger partial charge on any atom is 0.0902 e. The average molecular weight is 117 g/mol. The van der Waals surface area contributed by atoms with E-state index >= 15 is 0 Å². The third-order valence-corrected chi connectivity index (χ3v) is 0.353. The van der Waals surface area contributed by atoms with E-state index in [0.717, 1.165) is 6.54 Å². The zero-order valence-electron chi connectivity index (χ0n) is 5.81. The number of amidine groups is 1. The minimum absolute atomic E-state index is 0.630. The highest BCUT2D eigenvalue weighted by atomic mass is 14.8. The van der Waals surface area contributed by atoms with E-state index in [4.69, 9.17) is 11.5 Å². The van der Waals surface area contributed by atoms with Crippen molar-refractivity contribution in [3.63, 3.8) is 0 Å². The van der Waals surface area contributed by atoms with Gasteiger partial charge in [-0.05, 0) is 13.5 Å². The molecular formula is C5H15N3. The zero-order chi connectivity index (χ0) is 6.99. The molecule has 0 saturated carbocycles. The summed E-state index contributed by atoms with van der Waals surface area (Å²) in [5.41, 5.74) is 9.89. The highest BCUT2D eigenvalue weighted by Gasteiger charge is 1.61. The average Bonchev–Trinajstić information content (AvgIpc) is 1.69. The number of nitrogens with zero attached hydrogens (tertiary/aromatic N) is 1. The van der Waals surface area contributed by atoms with Gasteiger partial charge in [-0.25, -0.2) is 0 Å². The van der Waals surface area contributed by atoms with E-state index in [1.54, 1.807) is 14.0 Å². The summed E-state index contributed by atoms with van der Waals surface area (Å²) in [5, 5.41) is 0. The Morgan fingerprint density at radius 2 is 1.75 bits per heavy atom. The largest absolute Gasteiger partial charge is 0.388 e. The lowest BCUT2D eigenvalue weighted by Crippen LogP contribution is -2.03. The van der Waals surface area contributed by atoms with Gasteiger partial charge in [-0.15, -0.1) is 0 Å². The smallest absolute Gasteiger partial charge is 0.0902 e. The molecule has 0 aliphatic carbocycles. The van der Waals surface area contributed by atoms with Crippen LogP contribution in [0.25, 0.3) is 0 Å². The lowest BCUT2D eigenvalue weighted by Gasteiger charge is -1.76. The third-order valence-electron chi connectivity index (χ3n) is 0.353. The van der Waals surface area contributed by atoms with Crippen LogP contribution in [0.5, 0.6) is 0 Å². The zero-order valence-corrected chi connectivity index (χ0v) is 5.81. The summed E-state index contributed by atoms with van der Waals surface area (Å²) in [7, 11) is 1.66. The molecular weight excluding hydrogens is 102 g/mol. The maximum absolute atomic E-state index is 5.04. The lowest BCUT2D eigenvalue weighted by molar-refractivity contribution is 1.14. The quantitative estimate of drug-likeness (QED) is 0.345. The second-order valence-corrected chi connectivity index (χ2v) is 1.27. The fourth-order valence-corrected chi connectivity index (χ4v) is 0. The van der Waals surface area contributed by atoms with E-state index in [1.165, 1.54) is 0 Å². The molecule has 0 aromatic carbocycles.